The van der Waals surface area contributed by atoms with Crippen molar-refractivity contribution in [3.05, 3.63) is 24.3 Å². The van der Waals surface area contributed by atoms with Crippen molar-refractivity contribution >= 4 is 11.8 Å². The van der Waals surface area contributed by atoms with Crippen molar-refractivity contribution in [1.82, 2.24) is 5.32 Å². The van der Waals surface area contributed by atoms with E-state index in [-0.39, 0.29) is 5.54 Å². The van der Waals surface area contributed by atoms with Crippen LogP contribution in [0, 0.1) is 17.2 Å². The summed E-state index contributed by atoms with van der Waals surface area (Å²) in [6, 6.07) is 10.6. The lowest BCUT2D eigenvalue weighted by atomic mass is 9.97. The molecule has 1 aliphatic carbocycles. The zero-order chi connectivity index (χ0) is 14.4. The van der Waals surface area contributed by atoms with E-state index in [1.807, 2.05) is 12.1 Å². The first-order chi connectivity index (χ1) is 9.74. The fourth-order valence-electron chi connectivity index (χ4n) is 2.27. The van der Waals surface area contributed by atoms with Gasteiger partial charge in [0, 0.05) is 10.6 Å². The number of nitrogens with zero attached hydrogens (tertiary/aromatic N) is 1. The van der Waals surface area contributed by atoms with E-state index in [2.05, 4.69) is 30.4 Å². The van der Waals surface area contributed by atoms with Crippen molar-refractivity contribution < 1.29 is 4.74 Å². The van der Waals surface area contributed by atoms with Gasteiger partial charge in [0.05, 0.1) is 13.2 Å². The molecule has 0 aromatic heterocycles. The summed E-state index contributed by atoms with van der Waals surface area (Å²) in [4.78, 5) is 1.18. The van der Waals surface area contributed by atoms with Crippen LogP contribution in [0.25, 0.3) is 0 Å². The van der Waals surface area contributed by atoms with Gasteiger partial charge in [0.25, 0.3) is 0 Å². The molecule has 1 aromatic carbocycles. The third-order valence-corrected chi connectivity index (χ3v) is 4.90. The molecule has 0 amide bonds. The first-order valence-electron chi connectivity index (χ1n) is 7.17. The van der Waals surface area contributed by atoms with Gasteiger partial charge in [-0.3, -0.25) is 5.32 Å². The highest BCUT2D eigenvalue weighted by molar-refractivity contribution is 7.99. The Bertz CT molecular complexity index is 464. The van der Waals surface area contributed by atoms with Crippen molar-refractivity contribution in [3.63, 3.8) is 0 Å². The minimum absolute atomic E-state index is 0.361. The van der Waals surface area contributed by atoms with Gasteiger partial charge in [0.2, 0.25) is 0 Å². The summed E-state index contributed by atoms with van der Waals surface area (Å²) < 4.78 is 5.16. The molecule has 0 heterocycles. The molecular formula is C16H22N2OS. The molecule has 0 spiro atoms. The molecule has 20 heavy (non-hydrogen) atoms. The zero-order valence-electron chi connectivity index (χ0n) is 12.2. The van der Waals surface area contributed by atoms with Crippen molar-refractivity contribution in [1.29, 1.82) is 5.26 Å². The van der Waals surface area contributed by atoms with Gasteiger partial charge in [0.1, 0.15) is 11.3 Å². The molecule has 1 atom stereocenters. The molecule has 3 nitrogen and oxygen atoms in total. The standard InChI is InChI=1S/C16H22N2OS/c1-3-10-18-16(11-17,13-4-5-13)12-20-15-8-6-14(19-2)7-9-15/h6-9,13,18H,3-5,10,12H2,1-2H3. The quantitative estimate of drug-likeness (QED) is 0.745. The molecule has 1 aromatic rings. The molecule has 1 aliphatic rings. The third-order valence-electron chi connectivity index (χ3n) is 3.69. The second kappa shape index (κ2) is 7.01. The van der Waals surface area contributed by atoms with E-state index in [0.717, 1.165) is 24.5 Å². The molecule has 2 rings (SSSR count). The normalized spacial score (nSPS) is 17.2. The van der Waals surface area contributed by atoms with E-state index < -0.39 is 0 Å². The molecule has 0 aliphatic heterocycles. The summed E-state index contributed by atoms with van der Waals surface area (Å²) in [7, 11) is 1.67. The Hall–Kier alpha value is -1.18. The van der Waals surface area contributed by atoms with Crippen LogP contribution in [-0.4, -0.2) is 24.9 Å². The molecule has 0 radical (unpaired) electrons. The molecule has 1 N–H and O–H groups in total. The van der Waals surface area contributed by atoms with Crippen molar-refractivity contribution in [2.75, 3.05) is 19.4 Å². The van der Waals surface area contributed by atoms with E-state index >= 15 is 0 Å². The number of nitriles is 1. The molecule has 0 bridgehead atoms. The van der Waals surface area contributed by atoms with Gasteiger partial charge in [-0.15, -0.1) is 11.8 Å². The first kappa shape index (κ1) is 15.2. The average molecular weight is 290 g/mol. The highest BCUT2D eigenvalue weighted by Crippen LogP contribution is 2.42. The van der Waals surface area contributed by atoms with Crippen LogP contribution in [0.4, 0.5) is 0 Å². The third kappa shape index (κ3) is 3.68. The Labute approximate surface area is 125 Å². The van der Waals surface area contributed by atoms with Crippen LogP contribution >= 0.6 is 11.8 Å². The fraction of sp³-hybridized carbons (Fsp3) is 0.562. The number of ether oxygens (including phenoxy) is 1. The number of nitrogens with one attached hydrogen (secondary N) is 1. The van der Waals surface area contributed by atoms with Crippen LogP contribution in [-0.2, 0) is 0 Å². The van der Waals surface area contributed by atoms with E-state index in [0.29, 0.717) is 5.92 Å². The molecule has 1 fully saturated rings. The average Bonchev–Trinajstić information content (AvgIpc) is 3.34. The molecule has 108 valence electrons. The van der Waals surface area contributed by atoms with Crippen molar-refractivity contribution in [3.8, 4) is 11.8 Å². The Morgan fingerprint density at radius 1 is 1.40 bits per heavy atom. The van der Waals surface area contributed by atoms with Crippen LogP contribution in [0.15, 0.2) is 29.2 Å². The molecule has 1 saturated carbocycles. The smallest absolute Gasteiger partial charge is 0.119 e. The number of hydrogen-bond donors (Lipinski definition) is 1. The van der Waals surface area contributed by atoms with Crippen molar-refractivity contribution in [2.24, 2.45) is 5.92 Å². The number of benzene rings is 1. The Morgan fingerprint density at radius 2 is 2.10 bits per heavy atom. The summed E-state index contributed by atoms with van der Waals surface area (Å²) in [6.45, 7) is 3.05. The van der Waals surface area contributed by atoms with Crippen LogP contribution in [0.1, 0.15) is 26.2 Å². The number of rotatable bonds is 8. The Kier molecular flexibility index (Phi) is 5.33. The minimum atomic E-state index is -0.361. The lowest BCUT2D eigenvalue weighted by Crippen LogP contribution is -2.48. The molecule has 0 saturated heterocycles. The summed E-state index contributed by atoms with van der Waals surface area (Å²) >= 11 is 1.75. The van der Waals surface area contributed by atoms with E-state index in [4.69, 9.17) is 4.74 Å². The van der Waals surface area contributed by atoms with Crippen molar-refractivity contribution in [2.45, 2.75) is 36.6 Å². The summed E-state index contributed by atoms with van der Waals surface area (Å²) in [5.41, 5.74) is -0.361. The maximum atomic E-state index is 9.63. The topological polar surface area (TPSA) is 45.0 Å². The van der Waals surface area contributed by atoms with Crippen LogP contribution in [0.5, 0.6) is 5.75 Å². The number of hydrogen-bond acceptors (Lipinski definition) is 4. The van der Waals surface area contributed by atoms with Crippen LogP contribution in [0.2, 0.25) is 0 Å². The molecular weight excluding hydrogens is 268 g/mol. The number of thioether (sulfide) groups is 1. The monoisotopic (exact) mass is 290 g/mol. The lowest BCUT2D eigenvalue weighted by molar-refractivity contribution is 0.405. The van der Waals surface area contributed by atoms with Gasteiger partial charge >= 0.3 is 0 Å². The lowest BCUT2D eigenvalue weighted by Gasteiger charge is -2.27. The summed E-state index contributed by atoms with van der Waals surface area (Å²) in [5.74, 6) is 2.19. The molecule has 4 heteroatoms. The summed E-state index contributed by atoms with van der Waals surface area (Å²) in [6.07, 6.45) is 3.41. The van der Waals surface area contributed by atoms with Crippen LogP contribution < -0.4 is 10.1 Å². The van der Waals surface area contributed by atoms with Crippen LogP contribution in [0.3, 0.4) is 0 Å². The summed E-state index contributed by atoms with van der Waals surface area (Å²) in [5, 5.41) is 13.1. The van der Waals surface area contributed by atoms with E-state index in [1.54, 1.807) is 18.9 Å². The van der Waals surface area contributed by atoms with Gasteiger partial charge in [0.15, 0.2) is 0 Å². The van der Waals surface area contributed by atoms with E-state index in [1.165, 1.54) is 17.7 Å². The fourth-order valence-corrected chi connectivity index (χ4v) is 3.39. The van der Waals surface area contributed by atoms with Gasteiger partial charge in [-0.05, 0) is 56.0 Å². The van der Waals surface area contributed by atoms with Gasteiger partial charge in [-0.25, -0.2) is 0 Å². The predicted octanol–water partition coefficient (Wildman–Crippen LogP) is 3.46. The largest absolute Gasteiger partial charge is 0.497 e. The minimum Gasteiger partial charge on any atom is -0.497 e. The first-order valence-corrected chi connectivity index (χ1v) is 8.16. The van der Waals surface area contributed by atoms with Gasteiger partial charge < -0.3 is 4.74 Å². The SMILES string of the molecule is CCCNC(C#N)(CSc1ccc(OC)cc1)C1CC1. The second-order valence-electron chi connectivity index (χ2n) is 5.25. The predicted molar refractivity (Wildman–Crippen MR) is 83.1 cm³/mol. The van der Waals surface area contributed by atoms with Gasteiger partial charge in [-0.2, -0.15) is 5.26 Å². The van der Waals surface area contributed by atoms with Gasteiger partial charge in [-0.1, -0.05) is 6.92 Å². The maximum Gasteiger partial charge on any atom is 0.119 e. The number of methoxy groups -OCH3 is 1. The maximum absolute atomic E-state index is 9.63. The highest BCUT2D eigenvalue weighted by atomic mass is 32.2. The Morgan fingerprint density at radius 3 is 2.60 bits per heavy atom. The Balaban J connectivity index is 1.98. The second-order valence-corrected chi connectivity index (χ2v) is 6.30. The molecule has 1 unspecified atom stereocenters. The highest BCUT2D eigenvalue weighted by Gasteiger charge is 2.45. The zero-order valence-corrected chi connectivity index (χ0v) is 13.0. The van der Waals surface area contributed by atoms with E-state index in [9.17, 15) is 5.26 Å².